The lowest BCUT2D eigenvalue weighted by molar-refractivity contribution is 0.175. The van der Waals surface area contributed by atoms with E-state index in [2.05, 4.69) is 28.4 Å². The molecule has 0 aliphatic carbocycles. The Morgan fingerprint density at radius 1 is 1.50 bits per heavy atom. The van der Waals surface area contributed by atoms with E-state index in [0.717, 1.165) is 23.3 Å². The average Bonchev–Trinajstić information content (AvgIpc) is 2.93. The van der Waals surface area contributed by atoms with Gasteiger partial charge in [-0.3, -0.25) is 4.98 Å². The molecule has 2 aromatic rings. The van der Waals surface area contributed by atoms with Crippen molar-refractivity contribution in [2.24, 2.45) is 5.73 Å². The van der Waals surface area contributed by atoms with Crippen LogP contribution in [-0.2, 0) is 10.3 Å². The quantitative estimate of drug-likeness (QED) is 0.873. The molecular weight excluding hydrogens is 228 g/mol. The van der Waals surface area contributed by atoms with Crippen molar-refractivity contribution in [1.82, 2.24) is 14.5 Å². The Hall–Kier alpha value is -1.46. The minimum absolute atomic E-state index is 0.313. The summed E-state index contributed by atoms with van der Waals surface area (Å²) in [5.74, 6) is 0.915. The summed E-state index contributed by atoms with van der Waals surface area (Å²) in [6.07, 6.45) is 4.40. The number of pyridine rings is 1. The zero-order valence-corrected chi connectivity index (χ0v) is 10.8. The summed E-state index contributed by atoms with van der Waals surface area (Å²) in [6, 6.07) is 2.30. The molecule has 5 heteroatoms. The summed E-state index contributed by atoms with van der Waals surface area (Å²) in [4.78, 5) is 8.81. The number of nitrogens with two attached hydrogens (primary N) is 1. The highest BCUT2D eigenvalue weighted by atomic mass is 16.5. The Morgan fingerprint density at radius 2 is 2.33 bits per heavy atom. The lowest BCUT2D eigenvalue weighted by Crippen LogP contribution is -2.40. The monoisotopic (exact) mass is 246 g/mol. The summed E-state index contributed by atoms with van der Waals surface area (Å²) in [5, 5.41) is 0. The van der Waals surface area contributed by atoms with Gasteiger partial charge in [0.25, 0.3) is 0 Å². The van der Waals surface area contributed by atoms with Gasteiger partial charge in [0.2, 0.25) is 0 Å². The normalized spacial score (nSPS) is 24.2. The van der Waals surface area contributed by atoms with Crippen LogP contribution in [0.5, 0.6) is 0 Å². The molecule has 5 nitrogen and oxygen atoms in total. The van der Waals surface area contributed by atoms with E-state index in [4.69, 9.17) is 10.5 Å². The van der Waals surface area contributed by atoms with Crippen LogP contribution < -0.4 is 5.73 Å². The third-order valence-electron chi connectivity index (χ3n) is 3.51. The van der Waals surface area contributed by atoms with E-state index in [-0.39, 0.29) is 0 Å². The molecule has 1 unspecified atom stereocenters. The first kappa shape index (κ1) is 11.6. The summed E-state index contributed by atoms with van der Waals surface area (Å²) in [6.45, 7) is 5.53. The molecule has 3 heterocycles. The maximum Gasteiger partial charge on any atom is 0.132 e. The highest BCUT2D eigenvalue weighted by Gasteiger charge is 2.37. The smallest absolute Gasteiger partial charge is 0.132 e. The second-order valence-electron chi connectivity index (χ2n) is 5.22. The number of rotatable bonds is 2. The van der Waals surface area contributed by atoms with Gasteiger partial charge in [-0.15, -0.1) is 0 Å². The molecule has 0 saturated carbocycles. The largest absolute Gasteiger partial charge is 0.379 e. The van der Waals surface area contributed by atoms with Crippen LogP contribution in [-0.4, -0.2) is 27.7 Å². The van der Waals surface area contributed by atoms with Gasteiger partial charge in [-0.25, -0.2) is 4.98 Å². The topological polar surface area (TPSA) is 66.0 Å². The van der Waals surface area contributed by atoms with Crippen molar-refractivity contribution in [2.45, 2.75) is 31.8 Å². The van der Waals surface area contributed by atoms with Crippen LogP contribution in [0.3, 0.4) is 0 Å². The fourth-order valence-corrected chi connectivity index (χ4v) is 2.58. The van der Waals surface area contributed by atoms with Crippen LogP contribution in [0.15, 0.2) is 18.5 Å². The van der Waals surface area contributed by atoms with Gasteiger partial charge in [0.05, 0.1) is 18.3 Å². The molecule has 18 heavy (non-hydrogen) atoms. The molecule has 1 saturated heterocycles. The minimum atomic E-state index is -0.469. The second-order valence-corrected chi connectivity index (χ2v) is 5.22. The summed E-state index contributed by atoms with van der Waals surface area (Å²) in [7, 11) is 0. The van der Waals surface area contributed by atoms with Crippen LogP contribution in [0.1, 0.15) is 32.1 Å². The highest BCUT2D eigenvalue weighted by Crippen LogP contribution is 2.31. The average molecular weight is 246 g/mol. The standard InChI is InChI=1S/C13H18N4O/c1-9(2)17-11-3-5-15-7-10(11)16-12(17)13(14)4-6-18-8-13/h3,5,7,9H,4,6,8,14H2,1-2H3. The van der Waals surface area contributed by atoms with E-state index in [1.54, 1.807) is 12.4 Å². The van der Waals surface area contributed by atoms with Gasteiger partial charge in [0.1, 0.15) is 16.9 Å². The minimum Gasteiger partial charge on any atom is -0.379 e. The van der Waals surface area contributed by atoms with Crippen LogP contribution in [0.4, 0.5) is 0 Å². The van der Waals surface area contributed by atoms with Crippen molar-refractivity contribution in [3.8, 4) is 0 Å². The number of ether oxygens (including phenoxy) is 1. The van der Waals surface area contributed by atoms with Crippen LogP contribution in [0.2, 0.25) is 0 Å². The molecule has 0 amide bonds. The molecule has 1 atom stereocenters. The molecule has 1 aliphatic heterocycles. The van der Waals surface area contributed by atoms with Crippen molar-refractivity contribution in [3.63, 3.8) is 0 Å². The molecular formula is C13H18N4O. The third kappa shape index (κ3) is 1.62. The zero-order chi connectivity index (χ0) is 12.8. The molecule has 0 spiro atoms. The van der Waals surface area contributed by atoms with Gasteiger partial charge in [-0.05, 0) is 26.3 Å². The number of imidazole rings is 1. The van der Waals surface area contributed by atoms with Crippen molar-refractivity contribution in [2.75, 3.05) is 13.2 Å². The Labute approximate surface area is 106 Å². The van der Waals surface area contributed by atoms with Crippen LogP contribution >= 0.6 is 0 Å². The van der Waals surface area contributed by atoms with Gasteiger partial charge < -0.3 is 15.0 Å². The van der Waals surface area contributed by atoms with Crippen molar-refractivity contribution < 1.29 is 4.74 Å². The van der Waals surface area contributed by atoms with E-state index in [1.807, 2.05) is 6.07 Å². The molecule has 1 fully saturated rings. The SMILES string of the molecule is CC(C)n1c(C2(N)CCOC2)nc2cnccc21. The van der Waals surface area contributed by atoms with Crippen LogP contribution in [0, 0.1) is 0 Å². The lowest BCUT2D eigenvalue weighted by atomic mass is 9.99. The predicted molar refractivity (Wildman–Crippen MR) is 69.2 cm³/mol. The molecule has 3 rings (SSSR count). The third-order valence-corrected chi connectivity index (χ3v) is 3.51. The highest BCUT2D eigenvalue weighted by molar-refractivity contribution is 5.75. The summed E-state index contributed by atoms with van der Waals surface area (Å²) in [5.41, 5.74) is 7.98. The van der Waals surface area contributed by atoms with E-state index in [1.165, 1.54) is 0 Å². The van der Waals surface area contributed by atoms with Crippen LogP contribution in [0.25, 0.3) is 11.0 Å². The number of nitrogens with zero attached hydrogens (tertiary/aromatic N) is 3. The number of hydrogen-bond acceptors (Lipinski definition) is 4. The van der Waals surface area contributed by atoms with Gasteiger partial charge in [-0.2, -0.15) is 0 Å². The molecule has 0 aromatic carbocycles. The van der Waals surface area contributed by atoms with Crippen molar-refractivity contribution >= 4 is 11.0 Å². The van der Waals surface area contributed by atoms with Crippen molar-refractivity contribution in [3.05, 3.63) is 24.3 Å². The molecule has 0 radical (unpaired) electrons. The Balaban J connectivity index is 2.24. The first-order valence-corrected chi connectivity index (χ1v) is 6.31. The van der Waals surface area contributed by atoms with Gasteiger partial charge in [-0.1, -0.05) is 0 Å². The summed E-state index contributed by atoms with van der Waals surface area (Å²) < 4.78 is 7.65. The molecule has 1 aliphatic rings. The maximum atomic E-state index is 6.45. The maximum absolute atomic E-state index is 6.45. The lowest BCUT2D eigenvalue weighted by Gasteiger charge is -2.24. The first-order valence-electron chi connectivity index (χ1n) is 6.31. The number of aromatic nitrogens is 3. The first-order chi connectivity index (χ1) is 8.62. The number of fused-ring (bicyclic) bond motifs is 1. The van der Waals surface area contributed by atoms with E-state index < -0.39 is 5.54 Å². The zero-order valence-electron chi connectivity index (χ0n) is 10.8. The van der Waals surface area contributed by atoms with E-state index in [0.29, 0.717) is 19.3 Å². The Kier molecular flexibility index (Phi) is 2.60. The molecule has 0 bridgehead atoms. The molecule has 2 aromatic heterocycles. The second kappa shape index (κ2) is 4.03. The van der Waals surface area contributed by atoms with E-state index >= 15 is 0 Å². The number of hydrogen-bond donors (Lipinski definition) is 1. The Bertz CT molecular complexity index is 569. The van der Waals surface area contributed by atoms with Crippen molar-refractivity contribution in [1.29, 1.82) is 0 Å². The Morgan fingerprint density at radius 3 is 3.00 bits per heavy atom. The predicted octanol–water partition coefficient (Wildman–Crippen LogP) is 1.59. The van der Waals surface area contributed by atoms with Gasteiger partial charge >= 0.3 is 0 Å². The van der Waals surface area contributed by atoms with E-state index in [9.17, 15) is 0 Å². The van der Waals surface area contributed by atoms with Gasteiger partial charge in [0.15, 0.2) is 0 Å². The fraction of sp³-hybridized carbons (Fsp3) is 0.538. The summed E-state index contributed by atoms with van der Waals surface area (Å²) >= 11 is 0. The fourth-order valence-electron chi connectivity index (χ4n) is 2.58. The molecule has 96 valence electrons. The van der Waals surface area contributed by atoms with Gasteiger partial charge in [0, 0.05) is 18.8 Å². The molecule has 2 N–H and O–H groups in total.